The van der Waals surface area contributed by atoms with E-state index in [2.05, 4.69) is 20.2 Å². The lowest BCUT2D eigenvalue weighted by atomic mass is 10.1. The zero-order chi connectivity index (χ0) is 18.0. The van der Waals surface area contributed by atoms with Crippen LogP contribution in [0.25, 0.3) is 0 Å². The second-order valence-electron chi connectivity index (χ2n) is 5.99. The molecule has 3 rings (SSSR count). The first-order valence-corrected chi connectivity index (χ1v) is 9.62. The zero-order valence-corrected chi connectivity index (χ0v) is 14.8. The van der Waals surface area contributed by atoms with Gasteiger partial charge in [-0.25, -0.2) is 8.42 Å². The van der Waals surface area contributed by atoms with E-state index in [0.29, 0.717) is 42.4 Å². The third-order valence-electron chi connectivity index (χ3n) is 4.16. The van der Waals surface area contributed by atoms with Crippen LogP contribution in [-0.2, 0) is 16.4 Å². The number of rotatable bonds is 6. The Morgan fingerprint density at radius 1 is 1.32 bits per heavy atom. The van der Waals surface area contributed by atoms with E-state index in [9.17, 15) is 13.2 Å². The van der Waals surface area contributed by atoms with Crippen LogP contribution >= 0.6 is 0 Å². The maximum Gasteiger partial charge on any atom is 0.236 e. The monoisotopic (exact) mass is 364 g/mol. The Hall–Kier alpha value is -2.26. The van der Waals surface area contributed by atoms with Crippen LogP contribution in [0, 0.1) is 0 Å². The third kappa shape index (κ3) is 3.88. The van der Waals surface area contributed by atoms with Gasteiger partial charge in [0.1, 0.15) is 0 Å². The molecule has 1 aromatic heterocycles. The lowest BCUT2D eigenvalue weighted by Gasteiger charge is -2.13. The molecule has 8 nitrogen and oxygen atoms in total. The van der Waals surface area contributed by atoms with Crippen molar-refractivity contribution in [2.75, 3.05) is 11.3 Å². The largest absolute Gasteiger partial charge is 0.424 e. The number of hydrogen-bond acceptors (Lipinski definition) is 7. The number of sulfonamides is 1. The Bertz CT molecular complexity index is 861. The molecule has 2 aromatic rings. The van der Waals surface area contributed by atoms with E-state index in [1.165, 1.54) is 6.92 Å². The van der Waals surface area contributed by atoms with Crippen molar-refractivity contribution >= 4 is 21.5 Å². The van der Waals surface area contributed by atoms with Gasteiger partial charge < -0.3 is 9.73 Å². The normalized spacial score (nSPS) is 20.6. The maximum atomic E-state index is 12.6. The topological polar surface area (TPSA) is 114 Å². The van der Waals surface area contributed by atoms with Gasteiger partial charge in [0.05, 0.1) is 11.3 Å². The standard InChI is InChI=1S/C16H20N4O4S/c1-3-15-18-19-16(24-15)14-8-13(9-17-14)25(22,23)20-12-6-4-11(5-7-12)10(2)21/h4-7,13-14,17,20H,3,8-9H2,1-2H3. The minimum atomic E-state index is -3.57. The van der Waals surface area contributed by atoms with Gasteiger partial charge in [-0.05, 0) is 37.6 Å². The summed E-state index contributed by atoms with van der Waals surface area (Å²) in [7, 11) is -3.57. The summed E-state index contributed by atoms with van der Waals surface area (Å²) in [4.78, 5) is 11.3. The molecule has 1 fully saturated rings. The molecule has 0 radical (unpaired) electrons. The summed E-state index contributed by atoms with van der Waals surface area (Å²) in [6.45, 7) is 3.67. The Kier molecular flexibility index (Phi) is 4.87. The molecule has 1 aliphatic rings. The highest BCUT2D eigenvalue weighted by molar-refractivity contribution is 7.93. The van der Waals surface area contributed by atoms with E-state index in [-0.39, 0.29) is 11.8 Å². The number of benzene rings is 1. The molecule has 0 amide bonds. The predicted octanol–water partition coefficient (Wildman–Crippen LogP) is 1.68. The molecular formula is C16H20N4O4S. The Morgan fingerprint density at radius 2 is 2.04 bits per heavy atom. The van der Waals surface area contributed by atoms with E-state index in [1.54, 1.807) is 24.3 Å². The van der Waals surface area contributed by atoms with Crippen LogP contribution < -0.4 is 10.0 Å². The van der Waals surface area contributed by atoms with Gasteiger partial charge in [0.25, 0.3) is 0 Å². The first kappa shape index (κ1) is 17.6. The molecule has 2 heterocycles. The van der Waals surface area contributed by atoms with Crippen molar-refractivity contribution in [1.29, 1.82) is 0 Å². The summed E-state index contributed by atoms with van der Waals surface area (Å²) >= 11 is 0. The number of anilines is 1. The predicted molar refractivity (Wildman–Crippen MR) is 91.8 cm³/mol. The van der Waals surface area contributed by atoms with Gasteiger partial charge in [-0.2, -0.15) is 0 Å². The highest BCUT2D eigenvalue weighted by Gasteiger charge is 2.37. The fraction of sp³-hybridized carbons (Fsp3) is 0.438. The van der Waals surface area contributed by atoms with Gasteiger partial charge in [0.2, 0.25) is 21.8 Å². The smallest absolute Gasteiger partial charge is 0.236 e. The van der Waals surface area contributed by atoms with Crippen molar-refractivity contribution in [3.05, 3.63) is 41.6 Å². The van der Waals surface area contributed by atoms with Crippen LogP contribution in [0.1, 0.15) is 48.4 Å². The molecule has 2 unspecified atom stereocenters. The van der Waals surface area contributed by atoms with Gasteiger partial charge in [-0.3, -0.25) is 9.52 Å². The minimum absolute atomic E-state index is 0.0664. The quantitative estimate of drug-likeness (QED) is 0.750. The van der Waals surface area contributed by atoms with Gasteiger partial charge in [-0.1, -0.05) is 6.92 Å². The molecule has 25 heavy (non-hydrogen) atoms. The second-order valence-corrected chi connectivity index (χ2v) is 7.95. The highest BCUT2D eigenvalue weighted by Crippen LogP contribution is 2.27. The number of carbonyl (C=O) groups excluding carboxylic acids is 1. The number of aromatic nitrogens is 2. The second kappa shape index (κ2) is 6.93. The number of ketones is 1. The van der Waals surface area contributed by atoms with Crippen LogP contribution in [0.15, 0.2) is 28.7 Å². The van der Waals surface area contributed by atoms with Crippen LogP contribution in [0.3, 0.4) is 0 Å². The van der Waals surface area contributed by atoms with Crippen LogP contribution in [0.2, 0.25) is 0 Å². The van der Waals surface area contributed by atoms with Gasteiger partial charge in [-0.15, -0.1) is 10.2 Å². The molecule has 0 bridgehead atoms. The maximum absolute atomic E-state index is 12.6. The number of carbonyl (C=O) groups is 1. The molecule has 134 valence electrons. The number of aryl methyl sites for hydroxylation is 1. The summed E-state index contributed by atoms with van der Waals surface area (Å²) in [5.74, 6) is 0.885. The summed E-state index contributed by atoms with van der Waals surface area (Å²) in [5.41, 5.74) is 0.966. The Morgan fingerprint density at radius 3 is 2.64 bits per heavy atom. The van der Waals surface area contributed by atoms with E-state index in [1.807, 2.05) is 6.92 Å². The highest BCUT2D eigenvalue weighted by atomic mass is 32.2. The molecule has 0 spiro atoms. The molecule has 0 aliphatic carbocycles. The molecule has 9 heteroatoms. The number of nitrogens with one attached hydrogen (secondary N) is 2. The summed E-state index contributed by atoms with van der Waals surface area (Å²) < 4.78 is 33.2. The number of Topliss-reactive ketones (excluding diaryl/α,β-unsaturated/α-hetero) is 1. The van der Waals surface area contributed by atoms with E-state index in [0.717, 1.165) is 0 Å². The van der Waals surface area contributed by atoms with Crippen molar-refractivity contribution in [2.24, 2.45) is 0 Å². The SMILES string of the molecule is CCc1nnc(C2CC(S(=O)(=O)Nc3ccc(C(C)=O)cc3)CN2)o1. The van der Waals surface area contributed by atoms with Crippen molar-refractivity contribution in [2.45, 2.75) is 38.0 Å². The fourth-order valence-corrected chi connectivity index (χ4v) is 4.09. The van der Waals surface area contributed by atoms with Gasteiger partial charge in [0, 0.05) is 24.2 Å². The van der Waals surface area contributed by atoms with E-state index in [4.69, 9.17) is 4.42 Å². The zero-order valence-electron chi connectivity index (χ0n) is 14.0. The Balaban J connectivity index is 1.67. The molecule has 1 aromatic carbocycles. The van der Waals surface area contributed by atoms with Crippen molar-refractivity contribution < 1.29 is 17.6 Å². The van der Waals surface area contributed by atoms with E-state index < -0.39 is 15.3 Å². The summed E-state index contributed by atoms with van der Waals surface area (Å²) in [5, 5.41) is 10.4. The first-order valence-electron chi connectivity index (χ1n) is 8.07. The van der Waals surface area contributed by atoms with Crippen molar-refractivity contribution in [1.82, 2.24) is 15.5 Å². The van der Waals surface area contributed by atoms with Crippen LogP contribution in [0.5, 0.6) is 0 Å². The average Bonchev–Trinajstić information content (AvgIpc) is 3.24. The van der Waals surface area contributed by atoms with Crippen LogP contribution in [0.4, 0.5) is 5.69 Å². The molecule has 1 aliphatic heterocycles. The lowest BCUT2D eigenvalue weighted by Crippen LogP contribution is -2.29. The van der Waals surface area contributed by atoms with E-state index >= 15 is 0 Å². The average molecular weight is 364 g/mol. The van der Waals surface area contributed by atoms with Crippen LogP contribution in [-0.4, -0.2) is 36.2 Å². The fourth-order valence-electron chi connectivity index (χ4n) is 2.70. The van der Waals surface area contributed by atoms with Gasteiger partial charge in [0.15, 0.2) is 5.78 Å². The van der Waals surface area contributed by atoms with Gasteiger partial charge >= 0.3 is 0 Å². The third-order valence-corrected chi connectivity index (χ3v) is 5.92. The number of hydrogen-bond donors (Lipinski definition) is 2. The minimum Gasteiger partial charge on any atom is -0.424 e. The Labute approximate surface area is 146 Å². The number of nitrogens with zero attached hydrogens (tertiary/aromatic N) is 2. The molecule has 1 saturated heterocycles. The van der Waals surface area contributed by atoms with Crippen molar-refractivity contribution in [3.8, 4) is 0 Å². The first-order chi connectivity index (χ1) is 11.9. The molecule has 0 saturated carbocycles. The summed E-state index contributed by atoms with van der Waals surface area (Å²) in [6.07, 6.45) is 0.992. The lowest BCUT2D eigenvalue weighted by molar-refractivity contribution is 0.101. The van der Waals surface area contributed by atoms with Crippen molar-refractivity contribution in [3.63, 3.8) is 0 Å². The molecule has 2 atom stereocenters. The molecular weight excluding hydrogens is 344 g/mol. The molecule has 2 N–H and O–H groups in total. The summed E-state index contributed by atoms with van der Waals surface area (Å²) in [6, 6.07) is 6.09.